The number of carbonyl (C=O) groups is 2. The Bertz CT molecular complexity index is 867. The van der Waals surface area contributed by atoms with E-state index in [4.69, 9.17) is 9.73 Å². The molecule has 0 radical (unpaired) electrons. The molecule has 1 heterocycles. The predicted octanol–water partition coefficient (Wildman–Crippen LogP) is 2.48. The summed E-state index contributed by atoms with van der Waals surface area (Å²) < 4.78 is 5.70. The quantitative estimate of drug-likeness (QED) is 0.193. The number of benzene rings is 1. The number of hydrogen-bond donors (Lipinski definition) is 2. The molecule has 2 aliphatic carbocycles. The van der Waals surface area contributed by atoms with Crippen LogP contribution in [0.15, 0.2) is 41.4 Å². The number of aliphatic imine (C=N–C) groups is 1. The lowest BCUT2D eigenvalue weighted by molar-refractivity contribution is -0.140. The Labute approximate surface area is 190 Å². The van der Waals surface area contributed by atoms with Gasteiger partial charge in [0.25, 0.3) is 0 Å². The first-order valence-electron chi connectivity index (χ1n) is 11.8. The third-order valence-corrected chi connectivity index (χ3v) is 6.67. The van der Waals surface area contributed by atoms with Crippen LogP contribution in [-0.2, 0) is 27.5 Å². The lowest BCUT2D eigenvalue weighted by Crippen LogP contribution is -2.43. The number of hydrogen-bond acceptors (Lipinski definition) is 4. The summed E-state index contributed by atoms with van der Waals surface area (Å²) in [5.74, 6) is 0.914. The number of likely N-dealkylation sites (tertiary alicyclic amines) is 1. The number of allylic oxidation sites excluding steroid dienone is 2. The van der Waals surface area contributed by atoms with Crippen molar-refractivity contribution in [2.24, 2.45) is 28.7 Å². The minimum absolute atomic E-state index is 0.00148. The van der Waals surface area contributed by atoms with Crippen LogP contribution in [0.3, 0.4) is 0 Å². The van der Waals surface area contributed by atoms with E-state index in [1.165, 1.54) is 4.90 Å². The third-order valence-electron chi connectivity index (χ3n) is 6.67. The summed E-state index contributed by atoms with van der Waals surface area (Å²) >= 11 is 0. The summed E-state index contributed by atoms with van der Waals surface area (Å²) in [6.07, 6.45) is 6.21. The van der Waals surface area contributed by atoms with Gasteiger partial charge in [-0.3, -0.25) is 14.5 Å². The van der Waals surface area contributed by atoms with E-state index in [0.717, 1.165) is 37.1 Å². The summed E-state index contributed by atoms with van der Waals surface area (Å²) in [5, 5.41) is 6.53. The van der Waals surface area contributed by atoms with Crippen LogP contribution < -0.4 is 10.6 Å². The van der Waals surface area contributed by atoms with Gasteiger partial charge in [-0.2, -0.15) is 0 Å². The molecule has 1 aromatic rings. The molecule has 0 aromatic heterocycles. The van der Waals surface area contributed by atoms with E-state index in [-0.39, 0.29) is 35.5 Å². The highest BCUT2D eigenvalue weighted by Gasteiger charge is 2.58. The highest BCUT2D eigenvalue weighted by Crippen LogP contribution is 2.52. The highest BCUT2D eigenvalue weighted by molar-refractivity contribution is 6.06. The van der Waals surface area contributed by atoms with E-state index < -0.39 is 0 Å². The number of amides is 2. The number of ether oxygens (including phenoxy) is 1. The number of imide groups is 1. The molecule has 1 saturated heterocycles. The fourth-order valence-electron chi connectivity index (χ4n) is 5.16. The Morgan fingerprint density at radius 2 is 1.75 bits per heavy atom. The maximum Gasteiger partial charge on any atom is 0.233 e. The standard InChI is InChI=1S/C25H34N4O3/c1-3-13-32-16-20-8-6-5-7-19(20)15-28-25(26-4-2)27-11-12-29-23(30)21-17-9-10-18(14-17)22(21)24(29)31/h5-10,17-18,21-22H,3-4,11-16H2,1-2H3,(H2,26,27,28). The van der Waals surface area contributed by atoms with Gasteiger partial charge in [-0.15, -0.1) is 0 Å². The van der Waals surface area contributed by atoms with E-state index in [1.807, 2.05) is 19.1 Å². The molecule has 0 spiro atoms. The van der Waals surface area contributed by atoms with Gasteiger partial charge in [0.15, 0.2) is 5.96 Å². The Hall–Kier alpha value is -2.67. The van der Waals surface area contributed by atoms with Crippen LogP contribution in [0.4, 0.5) is 0 Å². The molecular weight excluding hydrogens is 404 g/mol. The van der Waals surface area contributed by atoms with Gasteiger partial charge in [-0.05, 0) is 42.7 Å². The molecule has 4 atom stereocenters. The largest absolute Gasteiger partial charge is 0.377 e. The minimum Gasteiger partial charge on any atom is -0.377 e. The summed E-state index contributed by atoms with van der Waals surface area (Å²) in [6, 6.07) is 8.17. The molecule has 2 bridgehead atoms. The van der Waals surface area contributed by atoms with Crippen molar-refractivity contribution in [1.82, 2.24) is 15.5 Å². The normalized spacial score (nSPS) is 26.2. The predicted molar refractivity (Wildman–Crippen MR) is 124 cm³/mol. The molecule has 7 heteroatoms. The monoisotopic (exact) mass is 438 g/mol. The Kier molecular flexibility index (Phi) is 7.25. The molecule has 4 unspecified atom stereocenters. The van der Waals surface area contributed by atoms with Crippen molar-refractivity contribution in [2.45, 2.75) is 39.8 Å². The number of rotatable bonds is 10. The average molecular weight is 439 g/mol. The lowest BCUT2D eigenvalue weighted by Gasteiger charge is -2.18. The van der Waals surface area contributed by atoms with Crippen molar-refractivity contribution in [1.29, 1.82) is 0 Å². The average Bonchev–Trinajstić information content (AvgIpc) is 3.48. The fraction of sp³-hybridized carbons (Fsp3) is 0.560. The molecule has 1 aliphatic heterocycles. The second kappa shape index (κ2) is 10.3. The number of nitrogens with one attached hydrogen (secondary N) is 2. The Balaban J connectivity index is 1.32. The van der Waals surface area contributed by atoms with Gasteiger partial charge in [0.2, 0.25) is 11.8 Å². The van der Waals surface area contributed by atoms with Gasteiger partial charge in [-0.25, -0.2) is 4.99 Å². The summed E-state index contributed by atoms with van der Waals surface area (Å²) in [7, 11) is 0. The third kappa shape index (κ3) is 4.58. The first kappa shape index (κ1) is 22.5. The fourth-order valence-corrected chi connectivity index (χ4v) is 5.16. The molecule has 7 nitrogen and oxygen atoms in total. The van der Waals surface area contributed by atoms with Crippen LogP contribution in [0, 0.1) is 23.7 Å². The Morgan fingerprint density at radius 1 is 1.06 bits per heavy atom. The smallest absolute Gasteiger partial charge is 0.233 e. The van der Waals surface area contributed by atoms with E-state index in [0.29, 0.717) is 32.2 Å². The molecular formula is C25H34N4O3. The molecule has 2 fully saturated rings. The van der Waals surface area contributed by atoms with E-state index in [9.17, 15) is 9.59 Å². The molecule has 3 aliphatic rings. The first-order chi connectivity index (χ1) is 15.6. The van der Waals surface area contributed by atoms with Crippen LogP contribution >= 0.6 is 0 Å². The van der Waals surface area contributed by atoms with Crippen molar-refractivity contribution < 1.29 is 14.3 Å². The molecule has 4 rings (SSSR count). The van der Waals surface area contributed by atoms with Gasteiger partial charge in [0, 0.05) is 26.2 Å². The maximum absolute atomic E-state index is 12.8. The van der Waals surface area contributed by atoms with Crippen LogP contribution in [-0.4, -0.2) is 48.9 Å². The van der Waals surface area contributed by atoms with Crippen LogP contribution in [0.5, 0.6) is 0 Å². The number of nitrogens with zero attached hydrogens (tertiary/aromatic N) is 2. The number of carbonyl (C=O) groups excluding carboxylic acids is 2. The second-order valence-electron chi connectivity index (χ2n) is 8.77. The zero-order valence-electron chi connectivity index (χ0n) is 19.0. The lowest BCUT2D eigenvalue weighted by atomic mass is 9.85. The van der Waals surface area contributed by atoms with Crippen LogP contribution in [0.25, 0.3) is 0 Å². The van der Waals surface area contributed by atoms with Gasteiger partial charge >= 0.3 is 0 Å². The molecule has 32 heavy (non-hydrogen) atoms. The van der Waals surface area contributed by atoms with Crippen molar-refractivity contribution in [3.63, 3.8) is 0 Å². The highest BCUT2D eigenvalue weighted by atomic mass is 16.5. The van der Waals surface area contributed by atoms with Crippen molar-refractivity contribution in [3.8, 4) is 0 Å². The minimum atomic E-state index is -0.133. The summed E-state index contributed by atoms with van der Waals surface area (Å²) in [5.41, 5.74) is 2.27. The Morgan fingerprint density at radius 3 is 2.41 bits per heavy atom. The van der Waals surface area contributed by atoms with Crippen molar-refractivity contribution >= 4 is 17.8 Å². The van der Waals surface area contributed by atoms with E-state index >= 15 is 0 Å². The SMILES string of the molecule is CCCOCc1ccccc1CN=C(NCC)NCCN1C(=O)C2C3C=CC(C3)C2C1=O. The van der Waals surface area contributed by atoms with E-state index in [1.54, 1.807) is 0 Å². The van der Waals surface area contributed by atoms with Crippen LogP contribution in [0.1, 0.15) is 37.8 Å². The van der Waals surface area contributed by atoms with Gasteiger partial charge in [0.1, 0.15) is 0 Å². The van der Waals surface area contributed by atoms with Crippen LogP contribution in [0.2, 0.25) is 0 Å². The van der Waals surface area contributed by atoms with Gasteiger partial charge in [0.05, 0.1) is 25.0 Å². The summed E-state index contributed by atoms with van der Waals surface area (Å²) in [4.78, 5) is 31.8. The molecule has 172 valence electrons. The zero-order valence-corrected chi connectivity index (χ0v) is 19.0. The van der Waals surface area contributed by atoms with Gasteiger partial charge < -0.3 is 15.4 Å². The van der Waals surface area contributed by atoms with Gasteiger partial charge in [-0.1, -0.05) is 43.3 Å². The second-order valence-corrected chi connectivity index (χ2v) is 8.77. The molecule has 2 amide bonds. The van der Waals surface area contributed by atoms with Crippen molar-refractivity contribution in [3.05, 3.63) is 47.5 Å². The summed E-state index contributed by atoms with van der Waals surface area (Å²) in [6.45, 7) is 7.55. The topological polar surface area (TPSA) is 83.0 Å². The number of fused-ring (bicyclic) bond motifs is 5. The zero-order chi connectivity index (χ0) is 22.5. The van der Waals surface area contributed by atoms with Crippen molar-refractivity contribution in [2.75, 3.05) is 26.2 Å². The first-order valence-corrected chi connectivity index (χ1v) is 11.8. The molecule has 1 aromatic carbocycles. The number of guanidine groups is 1. The van der Waals surface area contributed by atoms with E-state index in [2.05, 4.69) is 41.8 Å². The maximum atomic E-state index is 12.8. The molecule has 1 saturated carbocycles. The molecule has 2 N–H and O–H groups in total.